The van der Waals surface area contributed by atoms with Gasteiger partial charge in [-0.1, -0.05) is 11.6 Å². The van der Waals surface area contributed by atoms with Gasteiger partial charge in [0.2, 0.25) is 5.91 Å². The Kier molecular flexibility index (Phi) is 5.21. The van der Waals surface area contributed by atoms with E-state index in [1.165, 1.54) is 11.9 Å². The van der Waals surface area contributed by atoms with Gasteiger partial charge in [0.15, 0.2) is 0 Å². The van der Waals surface area contributed by atoms with Crippen molar-refractivity contribution in [3.8, 4) is 0 Å². The van der Waals surface area contributed by atoms with Crippen LogP contribution in [0.5, 0.6) is 0 Å². The number of rotatable bonds is 4. The number of halogens is 1. The van der Waals surface area contributed by atoms with Crippen LogP contribution in [-0.4, -0.2) is 55.6 Å². The van der Waals surface area contributed by atoms with Crippen molar-refractivity contribution in [3.05, 3.63) is 34.9 Å². The molecule has 8 heteroatoms. The molecule has 1 aromatic rings. The molecule has 2 rings (SSSR count). The summed E-state index contributed by atoms with van der Waals surface area (Å²) in [5.41, 5.74) is 0.432. The van der Waals surface area contributed by atoms with Gasteiger partial charge in [-0.3, -0.25) is 9.59 Å². The third kappa shape index (κ3) is 4.11. The second-order valence-corrected chi connectivity index (χ2v) is 5.20. The summed E-state index contributed by atoms with van der Waals surface area (Å²) in [5.74, 6) is -0.567. The quantitative estimate of drug-likeness (QED) is 0.850. The molecule has 0 unspecified atom stereocenters. The van der Waals surface area contributed by atoms with E-state index in [9.17, 15) is 14.4 Å². The molecule has 1 fully saturated rings. The normalized spacial score (nSPS) is 14.0. The van der Waals surface area contributed by atoms with Gasteiger partial charge in [0.1, 0.15) is 6.10 Å². The van der Waals surface area contributed by atoms with Gasteiger partial charge in [0, 0.05) is 17.6 Å². The van der Waals surface area contributed by atoms with Gasteiger partial charge in [-0.2, -0.15) is 0 Å². The first-order chi connectivity index (χ1) is 10.5. The number of nitrogens with zero attached hydrogens (tertiary/aromatic N) is 1. The van der Waals surface area contributed by atoms with E-state index in [0.29, 0.717) is 23.7 Å². The minimum Gasteiger partial charge on any atom is -0.442 e. The van der Waals surface area contributed by atoms with Crippen LogP contribution in [0.1, 0.15) is 10.4 Å². The number of benzene rings is 1. The van der Waals surface area contributed by atoms with Crippen LogP contribution < -0.4 is 10.6 Å². The third-order valence-electron chi connectivity index (χ3n) is 3.19. The zero-order chi connectivity index (χ0) is 16.1. The zero-order valence-electron chi connectivity index (χ0n) is 12.0. The van der Waals surface area contributed by atoms with Crippen LogP contribution in [0.2, 0.25) is 5.02 Å². The Labute approximate surface area is 132 Å². The fraction of sp³-hybridized carbons (Fsp3) is 0.357. The number of alkyl carbamates (subject to hydrolysis) is 1. The monoisotopic (exact) mass is 325 g/mol. The van der Waals surface area contributed by atoms with Crippen molar-refractivity contribution in [2.75, 3.05) is 26.7 Å². The summed E-state index contributed by atoms with van der Waals surface area (Å²) in [4.78, 5) is 36.2. The lowest BCUT2D eigenvalue weighted by molar-refractivity contribution is -0.140. The number of nitrogens with one attached hydrogen (secondary N) is 2. The Morgan fingerprint density at radius 1 is 1.27 bits per heavy atom. The number of likely N-dealkylation sites (tertiary alicyclic amines) is 1. The second kappa shape index (κ2) is 7.13. The van der Waals surface area contributed by atoms with Gasteiger partial charge < -0.3 is 20.3 Å². The first-order valence-corrected chi connectivity index (χ1v) is 7.07. The average molecular weight is 326 g/mol. The zero-order valence-corrected chi connectivity index (χ0v) is 12.7. The molecular weight excluding hydrogens is 310 g/mol. The van der Waals surface area contributed by atoms with Crippen molar-refractivity contribution in [1.82, 2.24) is 15.5 Å². The molecule has 1 aliphatic rings. The molecule has 1 heterocycles. The molecule has 0 bridgehead atoms. The van der Waals surface area contributed by atoms with Gasteiger partial charge in [0.05, 0.1) is 19.6 Å². The lowest BCUT2D eigenvalue weighted by Gasteiger charge is -2.38. The number of carbonyl (C=O) groups is 3. The summed E-state index contributed by atoms with van der Waals surface area (Å²) in [6.45, 7) is 0.570. The summed E-state index contributed by atoms with van der Waals surface area (Å²) >= 11 is 5.74. The maximum atomic E-state index is 11.9. The molecule has 2 N–H and O–H groups in total. The summed E-state index contributed by atoms with van der Waals surface area (Å²) < 4.78 is 4.98. The number of amides is 3. The van der Waals surface area contributed by atoms with Gasteiger partial charge in [0.25, 0.3) is 5.91 Å². The highest BCUT2D eigenvalue weighted by Crippen LogP contribution is 2.12. The van der Waals surface area contributed by atoms with Crippen molar-refractivity contribution in [1.29, 1.82) is 0 Å². The predicted molar refractivity (Wildman–Crippen MR) is 79.7 cm³/mol. The standard InChI is InChI=1S/C14H16ClN3O4/c1-16-14(21)22-11-7-18(8-11)12(19)6-17-13(20)9-2-4-10(15)5-3-9/h2-5,11H,6-8H2,1H3,(H,16,21)(H,17,20). The van der Waals surface area contributed by atoms with Crippen LogP contribution in [0.3, 0.4) is 0 Å². The number of carbonyl (C=O) groups excluding carboxylic acids is 3. The largest absolute Gasteiger partial charge is 0.442 e. The topological polar surface area (TPSA) is 87.7 Å². The summed E-state index contributed by atoms with van der Waals surface area (Å²) in [6.07, 6.45) is -0.816. The molecule has 0 spiro atoms. The highest BCUT2D eigenvalue weighted by atomic mass is 35.5. The smallest absolute Gasteiger partial charge is 0.407 e. The van der Waals surface area contributed by atoms with E-state index >= 15 is 0 Å². The van der Waals surface area contributed by atoms with Crippen molar-refractivity contribution in [3.63, 3.8) is 0 Å². The minimum atomic E-state index is -0.520. The molecule has 1 saturated heterocycles. The van der Waals surface area contributed by atoms with E-state index in [2.05, 4.69) is 10.6 Å². The number of hydrogen-bond acceptors (Lipinski definition) is 4. The lowest BCUT2D eigenvalue weighted by atomic mass is 10.1. The molecule has 1 aromatic carbocycles. The molecule has 0 aromatic heterocycles. The van der Waals surface area contributed by atoms with Gasteiger partial charge in [-0.25, -0.2) is 4.79 Å². The van der Waals surface area contributed by atoms with Crippen LogP contribution >= 0.6 is 11.6 Å². The van der Waals surface area contributed by atoms with Crippen LogP contribution in [0, 0.1) is 0 Å². The van der Waals surface area contributed by atoms with Crippen molar-refractivity contribution < 1.29 is 19.1 Å². The maximum absolute atomic E-state index is 11.9. The highest BCUT2D eigenvalue weighted by Gasteiger charge is 2.33. The van der Waals surface area contributed by atoms with Crippen LogP contribution in [0.25, 0.3) is 0 Å². The SMILES string of the molecule is CNC(=O)OC1CN(C(=O)CNC(=O)c2ccc(Cl)cc2)C1. The summed E-state index contributed by atoms with van der Waals surface area (Å²) in [5, 5.41) is 5.42. The highest BCUT2D eigenvalue weighted by molar-refractivity contribution is 6.30. The first kappa shape index (κ1) is 16.1. The molecule has 1 aliphatic heterocycles. The van der Waals surface area contributed by atoms with E-state index in [0.717, 1.165) is 0 Å². The molecule has 0 saturated carbocycles. The second-order valence-electron chi connectivity index (χ2n) is 4.77. The number of hydrogen-bond donors (Lipinski definition) is 2. The Morgan fingerprint density at radius 2 is 1.91 bits per heavy atom. The molecule has 3 amide bonds. The summed E-state index contributed by atoms with van der Waals surface area (Å²) in [6, 6.07) is 6.38. The fourth-order valence-electron chi connectivity index (χ4n) is 1.90. The molecular formula is C14H16ClN3O4. The van der Waals surface area contributed by atoms with Crippen LogP contribution in [0.4, 0.5) is 4.79 Å². The maximum Gasteiger partial charge on any atom is 0.407 e. The molecule has 0 radical (unpaired) electrons. The summed E-state index contributed by atoms with van der Waals surface area (Å²) in [7, 11) is 1.47. The molecule has 0 aliphatic carbocycles. The Hall–Kier alpha value is -2.28. The first-order valence-electron chi connectivity index (χ1n) is 6.69. The Balaban J connectivity index is 1.71. The molecule has 22 heavy (non-hydrogen) atoms. The van der Waals surface area contributed by atoms with Gasteiger partial charge >= 0.3 is 6.09 Å². The fourth-order valence-corrected chi connectivity index (χ4v) is 2.02. The van der Waals surface area contributed by atoms with Crippen LogP contribution in [-0.2, 0) is 9.53 Å². The van der Waals surface area contributed by atoms with Gasteiger partial charge in [-0.15, -0.1) is 0 Å². The minimum absolute atomic E-state index is 0.103. The molecule has 0 atom stereocenters. The van der Waals surface area contributed by atoms with E-state index in [4.69, 9.17) is 16.3 Å². The lowest BCUT2D eigenvalue weighted by Crippen LogP contribution is -2.57. The van der Waals surface area contributed by atoms with E-state index in [1.54, 1.807) is 24.3 Å². The Morgan fingerprint density at radius 3 is 2.50 bits per heavy atom. The predicted octanol–water partition coefficient (Wildman–Crippen LogP) is 0.637. The van der Waals surface area contributed by atoms with E-state index in [-0.39, 0.29) is 24.5 Å². The van der Waals surface area contributed by atoms with E-state index < -0.39 is 6.09 Å². The molecule has 118 valence electrons. The van der Waals surface area contributed by atoms with Crippen molar-refractivity contribution in [2.24, 2.45) is 0 Å². The molecule has 7 nitrogen and oxygen atoms in total. The van der Waals surface area contributed by atoms with Gasteiger partial charge in [-0.05, 0) is 24.3 Å². The van der Waals surface area contributed by atoms with Crippen LogP contribution in [0.15, 0.2) is 24.3 Å². The van der Waals surface area contributed by atoms with E-state index in [1.807, 2.05) is 0 Å². The third-order valence-corrected chi connectivity index (χ3v) is 3.44. The Bertz CT molecular complexity index is 570. The van der Waals surface area contributed by atoms with Crippen molar-refractivity contribution in [2.45, 2.75) is 6.10 Å². The van der Waals surface area contributed by atoms with Crippen molar-refractivity contribution >= 4 is 29.5 Å². The average Bonchev–Trinajstić information content (AvgIpc) is 2.48. The number of ether oxygens (including phenoxy) is 1.